The summed E-state index contributed by atoms with van der Waals surface area (Å²) in [5.74, 6) is 0.435. The Bertz CT molecular complexity index is 413. The molecule has 3 atom stereocenters. The normalized spacial score (nSPS) is 23.9. The molecule has 2 heterocycles. The van der Waals surface area contributed by atoms with Crippen molar-refractivity contribution < 1.29 is 14.6 Å². The summed E-state index contributed by atoms with van der Waals surface area (Å²) in [5.41, 5.74) is 0. The van der Waals surface area contributed by atoms with Gasteiger partial charge < -0.3 is 20.5 Å². The Kier molecular flexibility index (Phi) is 4.70. The quantitative estimate of drug-likeness (QED) is 0.671. The van der Waals surface area contributed by atoms with Crippen LogP contribution in [0.4, 0.5) is 0 Å². The molecule has 1 saturated heterocycles. The Balaban J connectivity index is 1.76. The highest BCUT2D eigenvalue weighted by Gasteiger charge is 2.26. The number of hydrogen-bond donors (Lipinski definition) is 3. The van der Waals surface area contributed by atoms with Gasteiger partial charge in [0.2, 0.25) is 0 Å². The lowest BCUT2D eigenvalue weighted by atomic mass is 10.1. The Morgan fingerprint density at radius 2 is 2.53 bits per heavy atom. The maximum atomic E-state index is 11.9. The van der Waals surface area contributed by atoms with E-state index in [0.717, 1.165) is 6.54 Å². The average Bonchev–Trinajstić information content (AvgIpc) is 2.82. The maximum Gasteiger partial charge on any atom is 0.260 e. The lowest BCUT2D eigenvalue weighted by Crippen LogP contribution is -2.41. The Morgan fingerprint density at radius 1 is 1.68 bits per heavy atom. The summed E-state index contributed by atoms with van der Waals surface area (Å²) in [6.45, 7) is 3.45. The van der Waals surface area contributed by atoms with Gasteiger partial charge in [0.1, 0.15) is 5.75 Å². The van der Waals surface area contributed by atoms with E-state index in [4.69, 9.17) is 4.74 Å². The summed E-state index contributed by atoms with van der Waals surface area (Å²) in [6, 6.07) is 3.50. The van der Waals surface area contributed by atoms with Crippen LogP contribution >= 0.6 is 0 Å². The average molecular weight is 265 g/mol. The molecule has 0 saturated carbocycles. The van der Waals surface area contributed by atoms with Crippen molar-refractivity contribution in [2.45, 2.75) is 19.1 Å². The Hall–Kier alpha value is -1.66. The highest BCUT2D eigenvalue weighted by Crippen LogP contribution is 2.10. The molecule has 6 nitrogen and oxygen atoms in total. The number of carbonyl (C=O) groups excluding carboxylic acids is 1. The fourth-order valence-electron chi connectivity index (χ4n) is 1.98. The molecule has 0 aromatic carbocycles. The second-order valence-corrected chi connectivity index (χ2v) is 4.68. The minimum atomic E-state index is -0.587. The standard InChI is InChI=1S/C13H19N3O3/c1-9(19-11-3-2-4-14-7-11)13(18)16-6-10-5-15-8-12(10)17/h2-4,7,9-10,12,15,17H,5-6,8H2,1H3,(H,16,18). The van der Waals surface area contributed by atoms with E-state index in [1.165, 1.54) is 0 Å². The predicted octanol–water partition coefficient (Wildman–Crippen LogP) is -0.455. The molecule has 0 spiro atoms. The first-order chi connectivity index (χ1) is 9.16. The van der Waals surface area contributed by atoms with E-state index in [1.54, 1.807) is 31.5 Å². The first-order valence-corrected chi connectivity index (χ1v) is 6.40. The molecule has 6 heteroatoms. The number of hydrogen-bond acceptors (Lipinski definition) is 5. The zero-order chi connectivity index (χ0) is 13.7. The van der Waals surface area contributed by atoms with Gasteiger partial charge in [-0.3, -0.25) is 9.78 Å². The summed E-state index contributed by atoms with van der Waals surface area (Å²) in [6.07, 6.45) is 2.23. The van der Waals surface area contributed by atoms with Crippen LogP contribution in [0.5, 0.6) is 5.75 Å². The van der Waals surface area contributed by atoms with Crippen LogP contribution in [0.15, 0.2) is 24.5 Å². The van der Waals surface area contributed by atoms with Crippen LogP contribution in [0.1, 0.15) is 6.92 Å². The summed E-state index contributed by atoms with van der Waals surface area (Å²) >= 11 is 0. The SMILES string of the molecule is CC(Oc1cccnc1)C(=O)NCC1CNCC1O. The van der Waals surface area contributed by atoms with Crippen LogP contribution in [-0.2, 0) is 4.79 Å². The van der Waals surface area contributed by atoms with Gasteiger partial charge in [-0.25, -0.2) is 0 Å². The molecule has 0 aliphatic carbocycles. The molecule has 2 rings (SSSR count). The fourth-order valence-corrected chi connectivity index (χ4v) is 1.98. The number of nitrogens with zero attached hydrogens (tertiary/aromatic N) is 1. The van der Waals surface area contributed by atoms with Gasteiger partial charge in [0.15, 0.2) is 6.10 Å². The first kappa shape index (κ1) is 13.8. The van der Waals surface area contributed by atoms with Gasteiger partial charge >= 0.3 is 0 Å². The molecule has 3 N–H and O–H groups in total. The van der Waals surface area contributed by atoms with Crippen LogP contribution in [0.25, 0.3) is 0 Å². The van der Waals surface area contributed by atoms with Crippen molar-refractivity contribution in [3.63, 3.8) is 0 Å². The van der Waals surface area contributed by atoms with Gasteiger partial charge in [-0.15, -0.1) is 0 Å². The zero-order valence-corrected chi connectivity index (χ0v) is 10.9. The second kappa shape index (κ2) is 6.49. The molecule has 1 aromatic rings. The third-order valence-electron chi connectivity index (χ3n) is 3.16. The van der Waals surface area contributed by atoms with Crippen molar-refractivity contribution in [1.29, 1.82) is 0 Å². The van der Waals surface area contributed by atoms with Gasteiger partial charge in [0, 0.05) is 31.7 Å². The van der Waals surface area contributed by atoms with Gasteiger partial charge in [-0.1, -0.05) is 0 Å². The predicted molar refractivity (Wildman–Crippen MR) is 69.7 cm³/mol. The number of aliphatic hydroxyl groups is 1. The van der Waals surface area contributed by atoms with Gasteiger partial charge in [0.25, 0.3) is 5.91 Å². The fraction of sp³-hybridized carbons (Fsp3) is 0.538. The van der Waals surface area contributed by atoms with Gasteiger partial charge in [-0.2, -0.15) is 0 Å². The lowest BCUT2D eigenvalue weighted by molar-refractivity contribution is -0.127. The molecule has 0 bridgehead atoms. The molecule has 1 aliphatic rings. The van der Waals surface area contributed by atoms with Crippen LogP contribution in [-0.4, -0.2) is 47.8 Å². The Labute approximate surface area is 112 Å². The van der Waals surface area contributed by atoms with E-state index >= 15 is 0 Å². The highest BCUT2D eigenvalue weighted by molar-refractivity contribution is 5.80. The topological polar surface area (TPSA) is 83.5 Å². The van der Waals surface area contributed by atoms with E-state index in [2.05, 4.69) is 15.6 Å². The lowest BCUT2D eigenvalue weighted by Gasteiger charge is -2.17. The highest BCUT2D eigenvalue weighted by atomic mass is 16.5. The van der Waals surface area contributed by atoms with Crippen molar-refractivity contribution in [1.82, 2.24) is 15.6 Å². The largest absolute Gasteiger partial charge is 0.479 e. The summed E-state index contributed by atoms with van der Waals surface area (Å²) in [5, 5.41) is 15.5. The Morgan fingerprint density at radius 3 is 3.16 bits per heavy atom. The van der Waals surface area contributed by atoms with Crippen LogP contribution in [0.3, 0.4) is 0 Å². The molecule has 1 fully saturated rings. The minimum Gasteiger partial charge on any atom is -0.479 e. The molecular weight excluding hydrogens is 246 g/mol. The summed E-state index contributed by atoms with van der Waals surface area (Å²) < 4.78 is 5.47. The summed E-state index contributed by atoms with van der Waals surface area (Å²) in [7, 11) is 0. The molecule has 1 aliphatic heterocycles. The van der Waals surface area contributed by atoms with Crippen molar-refractivity contribution >= 4 is 5.91 Å². The van der Waals surface area contributed by atoms with Crippen LogP contribution < -0.4 is 15.4 Å². The minimum absolute atomic E-state index is 0.0644. The number of ether oxygens (including phenoxy) is 1. The van der Waals surface area contributed by atoms with Crippen molar-refractivity contribution in [3.05, 3.63) is 24.5 Å². The van der Waals surface area contributed by atoms with Gasteiger partial charge in [0.05, 0.1) is 12.3 Å². The van der Waals surface area contributed by atoms with Crippen molar-refractivity contribution in [2.75, 3.05) is 19.6 Å². The van der Waals surface area contributed by atoms with Crippen molar-refractivity contribution in [2.24, 2.45) is 5.92 Å². The second-order valence-electron chi connectivity index (χ2n) is 4.68. The number of nitrogens with one attached hydrogen (secondary N) is 2. The number of pyridine rings is 1. The monoisotopic (exact) mass is 265 g/mol. The third-order valence-corrected chi connectivity index (χ3v) is 3.16. The number of rotatable bonds is 5. The van der Waals surface area contributed by atoms with E-state index in [1.807, 2.05) is 0 Å². The maximum absolute atomic E-state index is 11.9. The van der Waals surface area contributed by atoms with E-state index < -0.39 is 12.2 Å². The number of amides is 1. The van der Waals surface area contributed by atoms with E-state index in [-0.39, 0.29) is 11.8 Å². The third kappa shape index (κ3) is 3.90. The molecule has 1 aromatic heterocycles. The summed E-state index contributed by atoms with van der Waals surface area (Å²) in [4.78, 5) is 15.8. The van der Waals surface area contributed by atoms with Gasteiger partial charge in [-0.05, 0) is 19.1 Å². The van der Waals surface area contributed by atoms with Crippen molar-refractivity contribution in [3.8, 4) is 5.75 Å². The number of aromatic nitrogens is 1. The number of aliphatic hydroxyl groups excluding tert-OH is 1. The van der Waals surface area contributed by atoms with E-state index in [0.29, 0.717) is 18.8 Å². The molecule has 104 valence electrons. The molecule has 0 radical (unpaired) electrons. The zero-order valence-electron chi connectivity index (χ0n) is 10.9. The molecule has 3 unspecified atom stereocenters. The first-order valence-electron chi connectivity index (χ1n) is 6.40. The van der Waals surface area contributed by atoms with Crippen LogP contribution in [0, 0.1) is 5.92 Å². The molecule has 1 amide bonds. The number of carbonyl (C=O) groups is 1. The number of β-amino-alcohol motifs (C(OH)–C–C–N with tert-alkyl or cyclic N) is 1. The molecular formula is C13H19N3O3. The van der Waals surface area contributed by atoms with Crippen LogP contribution in [0.2, 0.25) is 0 Å². The smallest absolute Gasteiger partial charge is 0.260 e. The van der Waals surface area contributed by atoms with E-state index in [9.17, 15) is 9.90 Å². The molecule has 19 heavy (non-hydrogen) atoms.